The zero-order chi connectivity index (χ0) is 8.10. The van der Waals surface area contributed by atoms with Crippen molar-refractivity contribution in [3.63, 3.8) is 0 Å². The van der Waals surface area contributed by atoms with Gasteiger partial charge >= 0.3 is 5.82 Å². The zero-order valence-electron chi connectivity index (χ0n) is 6.08. The third-order valence-electron chi connectivity index (χ3n) is 1.22. The number of allylic oxidation sites excluding steroid dienone is 1. The fraction of sp³-hybridized carbons (Fsp3) is 0.429. The number of rotatable bonds is 4. The van der Waals surface area contributed by atoms with E-state index in [4.69, 9.17) is 0 Å². The molecule has 0 radical (unpaired) electrons. The van der Waals surface area contributed by atoms with Gasteiger partial charge in [0.2, 0.25) is 5.89 Å². The molecule has 0 aromatic carbocycles. The van der Waals surface area contributed by atoms with Gasteiger partial charge in [-0.05, 0) is 18.0 Å². The van der Waals surface area contributed by atoms with Crippen LogP contribution >= 0.6 is 0 Å². The van der Waals surface area contributed by atoms with Crippen LogP contribution < -0.4 is 5.82 Å². The highest BCUT2D eigenvalue weighted by atomic mass is 16.6. The highest BCUT2D eigenvalue weighted by Crippen LogP contribution is 1.98. The Morgan fingerprint density at radius 3 is 3.00 bits per heavy atom. The smallest absolute Gasteiger partial charge is 0.375 e. The molecule has 0 fully saturated rings. The molecule has 0 spiro atoms. The predicted molar refractivity (Wildman–Crippen MR) is 38.2 cm³/mol. The standard InChI is InChI=1S/C7H9NO3/c1-2-3-4-5-6-8-11-7(9)10-6/h2H,1,3-5H2. The van der Waals surface area contributed by atoms with E-state index in [1.54, 1.807) is 6.08 Å². The van der Waals surface area contributed by atoms with Gasteiger partial charge < -0.3 is 4.42 Å². The maximum absolute atomic E-state index is 10.3. The van der Waals surface area contributed by atoms with E-state index in [1.807, 2.05) is 0 Å². The lowest BCUT2D eigenvalue weighted by Gasteiger charge is -1.87. The van der Waals surface area contributed by atoms with Crippen molar-refractivity contribution in [3.05, 3.63) is 29.2 Å². The van der Waals surface area contributed by atoms with E-state index in [9.17, 15) is 4.79 Å². The number of unbranched alkanes of at least 4 members (excludes halogenated alkanes) is 1. The molecule has 0 saturated heterocycles. The summed E-state index contributed by atoms with van der Waals surface area (Å²) in [7, 11) is 0. The van der Waals surface area contributed by atoms with Gasteiger partial charge in [0.1, 0.15) is 0 Å². The van der Waals surface area contributed by atoms with Crippen LogP contribution in [0.15, 0.2) is 26.4 Å². The molecule has 1 aromatic rings. The molecular weight excluding hydrogens is 146 g/mol. The Balaban J connectivity index is 2.38. The van der Waals surface area contributed by atoms with Crippen LogP contribution in [0.5, 0.6) is 0 Å². The van der Waals surface area contributed by atoms with Gasteiger partial charge in [0.05, 0.1) is 0 Å². The average Bonchev–Trinajstić information content (AvgIpc) is 2.37. The minimum atomic E-state index is -0.737. The quantitative estimate of drug-likeness (QED) is 0.483. The Bertz CT molecular complexity index is 273. The number of hydrogen-bond donors (Lipinski definition) is 0. The van der Waals surface area contributed by atoms with Gasteiger partial charge in [-0.15, -0.1) is 6.58 Å². The summed E-state index contributed by atoms with van der Waals surface area (Å²) >= 11 is 0. The summed E-state index contributed by atoms with van der Waals surface area (Å²) < 4.78 is 8.76. The van der Waals surface area contributed by atoms with Gasteiger partial charge in [-0.3, -0.25) is 4.52 Å². The topological polar surface area (TPSA) is 56.2 Å². The van der Waals surface area contributed by atoms with Gasteiger partial charge in [-0.25, -0.2) is 4.79 Å². The van der Waals surface area contributed by atoms with Gasteiger partial charge in [0, 0.05) is 6.42 Å². The normalized spacial score (nSPS) is 9.82. The van der Waals surface area contributed by atoms with Crippen molar-refractivity contribution < 1.29 is 8.94 Å². The molecule has 0 bridgehead atoms. The largest absolute Gasteiger partial charge is 0.542 e. The fourth-order valence-electron chi connectivity index (χ4n) is 0.716. The molecular formula is C7H9NO3. The summed E-state index contributed by atoms with van der Waals surface area (Å²) in [5, 5.41) is 3.40. The van der Waals surface area contributed by atoms with Crippen LogP contribution in [0, 0.1) is 0 Å². The molecule has 0 aliphatic carbocycles. The number of nitrogens with zero attached hydrogens (tertiary/aromatic N) is 1. The summed E-state index contributed by atoms with van der Waals surface area (Å²) in [5.41, 5.74) is 0. The van der Waals surface area contributed by atoms with Gasteiger partial charge in [0.25, 0.3) is 0 Å². The van der Waals surface area contributed by atoms with E-state index in [0.29, 0.717) is 12.3 Å². The molecule has 1 rings (SSSR count). The summed E-state index contributed by atoms with van der Waals surface area (Å²) in [6, 6.07) is 0. The van der Waals surface area contributed by atoms with E-state index in [-0.39, 0.29) is 0 Å². The number of aromatic nitrogens is 1. The maximum Gasteiger partial charge on any atom is 0.542 e. The average molecular weight is 155 g/mol. The molecule has 0 N–H and O–H groups in total. The Morgan fingerprint density at radius 2 is 2.45 bits per heavy atom. The van der Waals surface area contributed by atoms with Crippen LogP contribution in [0.3, 0.4) is 0 Å². The number of aryl methyl sites for hydroxylation is 1. The van der Waals surface area contributed by atoms with E-state index < -0.39 is 5.82 Å². The lowest BCUT2D eigenvalue weighted by molar-refractivity contribution is 0.334. The first-order chi connectivity index (χ1) is 5.33. The highest BCUT2D eigenvalue weighted by molar-refractivity contribution is 4.74. The first-order valence-corrected chi connectivity index (χ1v) is 3.39. The molecule has 0 aliphatic heterocycles. The Hall–Kier alpha value is -1.32. The molecule has 0 aliphatic rings. The second-order valence-corrected chi connectivity index (χ2v) is 2.11. The maximum atomic E-state index is 10.3. The number of hydrogen-bond acceptors (Lipinski definition) is 4. The van der Waals surface area contributed by atoms with Crippen molar-refractivity contribution in [1.29, 1.82) is 0 Å². The molecule has 1 aromatic heterocycles. The van der Waals surface area contributed by atoms with E-state index in [2.05, 4.69) is 20.7 Å². The second-order valence-electron chi connectivity index (χ2n) is 2.11. The van der Waals surface area contributed by atoms with Crippen LogP contribution in [-0.2, 0) is 6.42 Å². The predicted octanol–water partition coefficient (Wildman–Crippen LogP) is 1.14. The van der Waals surface area contributed by atoms with E-state index >= 15 is 0 Å². The van der Waals surface area contributed by atoms with Gasteiger partial charge in [-0.1, -0.05) is 6.08 Å². The van der Waals surface area contributed by atoms with Crippen molar-refractivity contribution in [2.75, 3.05) is 0 Å². The van der Waals surface area contributed by atoms with Gasteiger partial charge in [0.15, 0.2) is 0 Å². The van der Waals surface area contributed by atoms with Crippen LogP contribution in [0.25, 0.3) is 0 Å². The summed E-state index contributed by atoms with van der Waals surface area (Å²) in [6.07, 6.45) is 4.19. The SMILES string of the molecule is C=CCCCc1noc(=O)o1. The monoisotopic (exact) mass is 155 g/mol. The summed E-state index contributed by atoms with van der Waals surface area (Å²) in [6.45, 7) is 3.56. The minimum Gasteiger partial charge on any atom is -0.375 e. The molecule has 0 atom stereocenters. The second kappa shape index (κ2) is 3.75. The van der Waals surface area contributed by atoms with E-state index in [0.717, 1.165) is 12.8 Å². The fourth-order valence-corrected chi connectivity index (χ4v) is 0.716. The molecule has 11 heavy (non-hydrogen) atoms. The lowest BCUT2D eigenvalue weighted by atomic mass is 10.2. The third kappa shape index (κ3) is 2.41. The third-order valence-corrected chi connectivity index (χ3v) is 1.22. The Morgan fingerprint density at radius 1 is 1.64 bits per heavy atom. The summed E-state index contributed by atoms with van der Waals surface area (Å²) in [5.74, 6) is -0.379. The Kier molecular flexibility index (Phi) is 2.66. The van der Waals surface area contributed by atoms with Crippen LogP contribution in [0.2, 0.25) is 0 Å². The Labute approximate surface area is 63.5 Å². The van der Waals surface area contributed by atoms with Crippen LogP contribution in [0.1, 0.15) is 18.7 Å². The van der Waals surface area contributed by atoms with Crippen molar-refractivity contribution in [1.82, 2.24) is 5.16 Å². The molecule has 1 heterocycles. The minimum absolute atomic E-state index is 0.358. The van der Waals surface area contributed by atoms with Crippen LogP contribution in [0.4, 0.5) is 0 Å². The molecule has 0 unspecified atom stereocenters. The first-order valence-electron chi connectivity index (χ1n) is 3.39. The van der Waals surface area contributed by atoms with Crippen molar-refractivity contribution in [2.24, 2.45) is 0 Å². The van der Waals surface area contributed by atoms with Gasteiger partial charge in [-0.2, -0.15) is 0 Å². The molecule has 4 nitrogen and oxygen atoms in total. The molecule has 4 heteroatoms. The lowest BCUT2D eigenvalue weighted by Crippen LogP contribution is -1.87. The highest BCUT2D eigenvalue weighted by Gasteiger charge is 2.00. The molecule has 0 amide bonds. The van der Waals surface area contributed by atoms with Crippen molar-refractivity contribution in [3.8, 4) is 0 Å². The van der Waals surface area contributed by atoms with E-state index in [1.165, 1.54) is 0 Å². The zero-order valence-corrected chi connectivity index (χ0v) is 6.08. The summed E-state index contributed by atoms with van der Waals surface area (Å²) in [4.78, 5) is 10.3. The van der Waals surface area contributed by atoms with Crippen molar-refractivity contribution >= 4 is 0 Å². The molecule has 60 valence electrons. The van der Waals surface area contributed by atoms with Crippen molar-refractivity contribution in [2.45, 2.75) is 19.3 Å². The molecule has 0 saturated carbocycles. The van der Waals surface area contributed by atoms with Crippen LogP contribution in [-0.4, -0.2) is 5.16 Å². The first kappa shape index (κ1) is 7.78.